The molecular weight excluding hydrogens is 272 g/mol. The highest BCUT2D eigenvalue weighted by Crippen LogP contribution is 2.38. The zero-order valence-corrected chi connectivity index (χ0v) is 12.8. The van der Waals surface area contributed by atoms with Gasteiger partial charge in [-0.3, -0.25) is 0 Å². The van der Waals surface area contributed by atoms with E-state index in [0.717, 1.165) is 18.0 Å². The molecule has 0 atom stereocenters. The normalized spacial score (nSPS) is 12.6. The molecule has 2 aromatic carbocycles. The third-order valence-corrected chi connectivity index (χ3v) is 4.28. The van der Waals surface area contributed by atoms with E-state index in [2.05, 4.69) is 65.4 Å². The minimum atomic E-state index is 0.891. The molecule has 1 N–H and O–H groups in total. The second-order valence-electron chi connectivity index (χ2n) is 5.60. The highest BCUT2D eigenvalue weighted by Gasteiger charge is 2.18. The summed E-state index contributed by atoms with van der Waals surface area (Å²) in [6, 6.07) is 14.6. The van der Waals surface area contributed by atoms with Crippen molar-refractivity contribution in [1.29, 1.82) is 0 Å². The summed E-state index contributed by atoms with van der Waals surface area (Å²) < 4.78 is 7.69. The lowest BCUT2D eigenvalue weighted by atomic mass is 10.1. The molecule has 0 spiro atoms. The number of fused-ring (bicyclic) bond motifs is 3. The average Bonchev–Trinajstić information content (AvgIpc) is 3.12. The molecule has 1 aromatic heterocycles. The Morgan fingerprint density at radius 3 is 2.82 bits per heavy atom. The van der Waals surface area contributed by atoms with Gasteiger partial charge in [0.2, 0.25) is 0 Å². The minimum Gasteiger partial charge on any atom is -0.497 e. The van der Waals surface area contributed by atoms with Gasteiger partial charge in [0.15, 0.2) is 0 Å². The van der Waals surface area contributed by atoms with E-state index in [9.17, 15) is 0 Å². The first-order valence-electron chi connectivity index (χ1n) is 7.47. The maximum absolute atomic E-state index is 5.37. The van der Waals surface area contributed by atoms with Crippen LogP contribution in [0.1, 0.15) is 11.3 Å². The number of hydrogen-bond acceptors (Lipinski definition) is 2. The Morgan fingerprint density at radius 1 is 1.14 bits per heavy atom. The van der Waals surface area contributed by atoms with E-state index in [-0.39, 0.29) is 0 Å². The van der Waals surface area contributed by atoms with Gasteiger partial charge in [0.1, 0.15) is 5.75 Å². The topological polar surface area (TPSA) is 26.2 Å². The predicted octanol–water partition coefficient (Wildman–Crippen LogP) is 4.73. The molecule has 2 heterocycles. The van der Waals surface area contributed by atoms with Crippen molar-refractivity contribution in [1.82, 2.24) is 4.57 Å². The van der Waals surface area contributed by atoms with Gasteiger partial charge in [0, 0.05) is 23.7 Å². The van der Waals surface area contributed by atoms with E-state index in [1.165, 1.54) is 27.8 Å². The zero-order valence-electron chi connectivity index (χ0n) is 12.8. The van der Waals surface area contributed by atoms with Crippen molar-refractivity contribution >= 4 is 28.4 Å². The summed E-state index contributed by atoms with van der Waals surface area (Å²) in [5, 5.41) is 4.85. The van der Waals surface area contributed by atoms with Crippen LogP contribution in [-0.4, -0.2) is 11.7 Å². The highest BCUT2D eigenvalue weighted by atomic mass is 16.5. The van der Waals surface area contributed by atoms with Crippen molar-refractivity contribution in [2.45, 2.75) is 13.5 Å². The second kappa shape index (κ2) is 4.95. The van der Waals surface area contributed by atoms with Crippen LogP contribution < -0.4 is 10.1 Å². The Morgan fingerprint density at radius 2 is 2.00 bits per heavy atom. The summed E-state index contributed by atoms with van der Waals surface area (Å²) >= 11 is 0. The lowest BCUT2D eigenvalue weighted by molar-refractivity contribution is 0.415. The monoisotopic (exact) mass is 290 g/mol. The Labute approximate surface area is 129 Å². The fourth-order valence-corrected chi connectivity index (χ4v) is 3.09. The summed E-state index contributed by atoms with van der Waals surface area (Å²) in [7, 11) is 1.71. The quantitative estimate of drug-likeness (QED) is 0.754. The molecule has 1 aliphatic heterocycles. The van der Waals surface area contributed by atoms with Crippen LogP contribution in [0.25, 0.3) is 17.0 Å². The van der Waals surface area contributed by atoms with Crippen molar-refractivity contribution in [2.24, 2.45) is 0 Å². The SMILES string of the molecule is COc1ccc2c(Nc3ccccc3C)c3n(c2c1)CC=C3. The number of allylic oxidation sites excluding steroid dienone is 1. The Balaban J connectivity index is 1.90. The molecule has 4 rings (SSSR count). The first-order chi connectivity index (χ1) is 10.8. The molecule has 0 saturated carbocycles. The van der Waals surface area contributed by atoms with E-state index in [1.807, 2.05) is 6.07 Å². The highest BCUT2D eigenvalue weighted by molar-refractivity contribution is 6.01. The summed E-state index contributed by atoms with van der Waals surface area (Å²) in [5.41, 5.74) is 5.99. The maximum atomic E-state index is 5.37. The number of benzene rings is 2. The van der Waals surface area contributed by atoms with E-state index >= 15 is 0 Å². The maximum Gasteiger partial charge on any atom is 0.120 e. The zero-order chi connectivity index (χ0) is 15.1. The molecule has 3 aromatic rings. The van der Waals surface area contributed by atoms with E-state index in [0.29, 0.717) is 0 Å². The third-order valence-electron chi connectivity index (χ3n) is 4.28. The van der Waals surface area contributed by atoms with Crippen LogP contribution in [0.2, 0.25) is 0 Å². The van der Waals surface area contributed by atoms with Crippen molar-refractivity contribution in [3.8, 4) is 5.75 Å². The summed E-state index contributed by atoms with van der Waals surface area (Å²) in [5.74, 6) is 0.891. The molecule has 0 bridgehead atoms. The number of aryl methyl sites for hydroxylation is 1. The molecule has 0 fully saturated rings. The van der Waals surface area contributed by atoms with Gasteiger partial charge in [-0.1, -0.05) is 24.3 Å². The van der Waals surface area contributed by atoms with Crippen LogP contribution in [0.5, 0.6) is 5.75 Å². The van der Waals surface area contributed by atoms with Gasteiger partial charge in [-0.25, -0.2) is 0 Å². The molecule has 0 radical (unpaired) electrons. The number of ether oxygens (including phenoxy) is 1. The molecule has 0 amide bonds. The first-order valence-corrected chi connectivity index (χ1v) is 7.47. The standard InChI is InChI=1S/C19H18N2O/c1-13-6-3-4-7-16(13)20-19-15-10-9-14(22-2)12-18(15)21-11-5-8-17(19)21/h3-10,12,20H,11H2,1-2H3. The molecule has 0 unspecified atom stereocenters. The van der Waals surface area contributed by atoms with Gasteiger partial charge in [-0.2, -0.15) is 0 Å². The van der Waals surface area contributed by atoms with E-state index in [1.54, 1.807) is 7.11 Å². The Bertz CT molecular complexity index is 890. The Kier molecular flexibility index (Phi) is 2.93. The lowest BCUT2D eigenvalue weighted by Gasteiger charge is -2.09. The molecule has 3 heteroatoms. The molecule has 3 nitrogen and oxygen atoms in total. The predicted molar refractivity (Wildman–Crippen MR) is 92.0 cm³/mol. The molecule has 110 valence electrons. The number of methoxy groups -OCH3 is 1. The number of anilines is 2. The average molecular weight is 290 g/mol. The van der Waals surface area contributed by atoms with Crippen molar-refractivity contribution in [2.75, 3.05) is 12.4 Å². The number of hydrogen-bond donors (Lipinski definition) is 1. The number of aromatic nitrogens is 1. The minimum absolute atomic E-state index is 0.891. The van der Waals surface area contributed by atoms with Crippen molar-refractivity contribution < 1.29 is 4.74 Å². The Hall–Kier alpha value is -2.68. The number of rotatable bonds is 3. The van der Waals surface area contributed by atoms with Gasteiger partial charge in [0.25, 0.3) is 0 Å². The van der Waals surface area contributed by atoms with Crippen LogP contribution in [0.3, 0.4) is 0 Å². The fraction of sp³-hybridized carbons (Fsp3) is 0.158. The van der Waals surface area contributed by atoms with Crippen molar-refractivity contribution in [3.63, 3.8) is 0 Å². The van der Waals surface area contributed by atoms with Crippen LogP contribution >= 0.6 is 0 Å². The summed E-state index contributed by atoms with van der Waals surface area (Å²) in [6.45, 7) is 3.04. The van der Waals surface area contributed by atoms with E-state index in [4.69, 9.17) is 4.74 Å². The number of para-hydroxylation sites is 1. The van der Waals surface area contributed by atoms with Gasteiger partial charge in [0.05, 0.1) is 24.0 Å². The van der Waals surface area contributed by atoms with Gasteiger partial charge in [-0.05, 0) is 36.8 Å². The molecule has 0 saturated heterocycles. The first kappa shape index (κ1) is 13.0. The smallest absolute Gasteiger partial charge is 0.120 e. The third kappa shape index (κ3) is 1.90. The molecule has 22 heavy (non-hydrogen) atoms. The summed E-state index contributed by atoms with van der Waals surface area (Å²) in [4.78, 5) is 0. The van der Waals surface area contributed by atoms with Crippen LogP contribution in [-0.2, 0) is 6.54 Å². The molecule has 1 aliphatic rings. The van der Waals surface area contributed by atoms with Gasteiger partial charge < -0.3 is 14.6 Å². The van der Waals surface area contributed by atoms with Crippen LogP contribution in [0.4, 0.5) is 11.4 Å². The number of nitrogens with one attached hydrogen (secondary N) is 1. The fourth-order valence-electron chi connectivity index (χ4n) is 3.09. The van der Waals surface area contributed by atoms with Crippen molar-refractivity contribution in [3.05, 3.63) is 59.8 Å². The van der Waals surface area contributed by atoms with Crippen LogP contribution in [0.15, 0.2) is 48.5 Å². The van der Waals surface area contributed by atoms with Gasteiger partial charge >= 0.3 is 0 Å². The second-order valence-corrected chi connectivity index (χ2v) is 5.60. The summed E-state index contributed by atoms with van der Waals surface area (Å²) in [6.07, 6.45) is 4.38. The largest absolute Gasteiger partial charge is 0.497 e. The molecular formula is C19H18N2O. The van der Waals surface area contributed by atoms with Gasteiger partial charge in [-0.15, -0.1) is 0 Å². The number of nitrogens with zero attached hydrogens (tertiary/aromatic N) is 1. The molecule has 0 aliphatic carbocycles. The van der Waals surface area contributed by atoms with E-state index < -0.39 is 0 Å². The van der Waals surface area contributed by atoms with Crippen LogP contribution in [0, 0.1) is 6.92 Å². The lowest BCUT2D eigenvalue weighted by Crippen LogP contribution is -1.95.